The highest BCUT2D eigenvalue weighted by Crippen LogP contribution is 2.13. The van der Waals surface area contributed by atoms with Crippen LogP contribution in [0.25, 0.3) is 0 Å². The lowest BCUT2D eigenvalue weighted by Crippen LogP contribution is -2.33. The van der Waals surface area contributed by atoms with Gasteiger partial charge in [-0.3, -0.25) is 0 Å². The molecule has 0 aliphatic heterocycles. The average Bonchev–Trinajstić information content (AvgIpc) is 2.92. The number of rotatable bonds is 8. The second-order valence-corrected chi connectivity index (χ2v) is 5.62. The minimum Gasteiger partial charge on any atom is -0.464 e. The summed E-state index contributed by atoms with van der Waals surface area (Å²) in [6, 6.07) is 14.2. The zero-order valence-electron chi connectivity index (χ0n) is 11.7. The highest BCUT2D eigenvalue weighted by atomic mass is 32.2. The molecule has 0 amide bonds. The van der Waals surface area contributed by atoms with E-state index in [1.807, 2.05) is 30.3 Å². The van der Waals surface area contributed by atoms with Gasteiger partial charge in [0.1, 0.15) is 11.5 Å². The summed E-state index contributed by atoms with van der Waals surface area (Å²) >= 11 is 1.74. The quantitative estimate of drug-likeness (QED) is 0.785. The second-order valence-electron chi connectivity index (χ2n) is 4.75. The number of benzene rings is 1. The Hall–Kier alpha value is -1.23. The molecule has 0 saturated carbocycles. The lowest BCUT2D eigenvalue weighted by molar-refractivity contribution is 0.238. The van der Waals surface area contributed by atoms with Crippen LogP contribution in [0.5, 0.6) is 0 Å². The summed E-state index contributed by atoms with van der Waals surface area (Å²) in [4.78, 5) is 0. The molecule has 1 aromatic heterocycles. The van der Waals surface area contributed by atoms with E-state index in [4.69, 9.17) is 4.42 Å². The number of aliphatic hydroxyl groups is 1. The Balaban J connectivity index is 1.83. The fourth-order valence-electron chi connectivity index (χ4n) is 2.08. The van der Waals surface area contributed by atoms with E-state index >= 15 is 0 Å². The minimum absolute atomic E-state index is 0.0477. The maximum absolute atomic E-state index is 9.46. The Morgan fingerprint density at radius 1 is 1.15 bits per heavy atom. The van der Waals surface area contributed by atoms with E-state index < -0.39 is 0 Å². The molecule has 0 saturated heterocycles. The topological polar surface area (TPSA) is 45.4 Å². The molecule has 0 bridgehead atoms. The highest BCUT2D eigenvalue weighted by Gasteiger charge is 2.09. The number of nitrogens with one attached hydrogen (secondary N) is 1. The molecule has 1 aromatic carbocycles. The van der Waals surface area contributed by atoms with Gasteiger partial charge < -0.3 is 14.8 Å². The van der Waals surface area contributed by atoms with Crippen LogP contribution in [0.15, 0.2) is 46.9 Å². The fraction of sp³-hybridized carbons (Fsp3) is 0.375. The monoisotopic (exact) mass is 291 g/mol. The molecule has 3 nitrogen and oxygen atoms in total. The third-order valence-corrected chi connectivity index (χ3v) is 3.69. The first kappa shape index (κ1) is 15.2. The van der Waals surface area contributed by atoms with Gasteiger partial charge in [0, 0.05) is 6.04 Å². The first-order valence-corrected chi connectivity index (χ1v) is 8.16. The summed E-state index contributed by atoms with van der Waals surface area (Å²) in [6.45, 7) is 0.764. The first-order valence-electron chi connectivity index (χ1n) is 6.76. The van der Waals surface area contributed by atoms with Gasteiger partial charge in [0.2, 0.25) is 0 Å². The van der Waals surface area contributed by atoms with E-state index in [1.165, 1.54) is 5.56 Å². The van der Waals surface area contributed by atoms with Crippen molar-refractivity contribution in [3.8, 4) is 0 Å². The van der Waals surface area contributed by atoms with Crippen LogP contribution in [-0.2, 0) is 18.7 Å². The van der Waals surface area contributed by atoms with Crippen LogP contribution in [0.4, 0.5) is 0 Å². The summed E-state index contributed by atoms with van der Waals surface area (Å²) in [5.74, 6) is 2.81. The number of hydrogen-bond donors (Lipinski definition) is 2. The summed E-state index contributed by atoms with van der Waals surface area (Å²) in [7, 11) is 0. The first-order chi connectivity index (χ1) is 9.81. The van der Waals surface area contributed by atoms with Crippen LogP contribution in [0, 0.1) is 0 Å². The van der Waals surface area contributed by atoms with Crippen molar-refractivity contribution in [2.45, 2.75) is 24.8 Å². The predicted octanol–water partition coefficient (Wildman–Crippen LogP) is 2.84. The Morgan fingerprint density at radius 3 is 2.60 bits per heavy atom. The number of aliphatic hydroxyl groups excluding tert-OH is 1. The lowest BCUT2D eigenvalue weighted by atomic mass is 10.1. The van der Waals surface area contributed by atoms with E-state index in [-0.39, 0.29) is 12.6 Å². The maximum Gasteiger partial charge on any atom is 0.118 e. The Bertz CT molecular complexity index is 498. The van der Waals surface area contributed by atoms with Crippen molar-refractivity contribution in [2.24, 2.45) is 0 Å². The lowest BCUT2D eigenvalue weighted by Gasteiger charge is -2.15. The smallest absolute Gasteiger partial charge is 0.118 e. The number of furan rings is 1. The number of thioether (sulfide) groups is 1. The molecule has 4 heteroatoms. The van der Waals surface area contributed by atoms with Crippen molar-refractivity contribution in [1.82, 2.24) is 5.32 Å². The summed E-state index contributed by atoms with van der Waals surface area (Å²) in [6.07, 6.45) is 2.87. The standard InChI is InChI=1S/C16H21NO2S/c1-20-12-16-8-7-15(19-16)10-17-14(11-18)9-13-5-3-2-4-6-13/h2-8,14,17-18H,9-12H2,1H3/t14-/m1/s1. The van der Waals surface area contributed by atoms with Crippen molar-refractivity contribution >= 4 is 11.8 Å². The predicted molar refractivity (Wildman–Crippen MR) is 83.8 cm³/mol. The molecule has 0 aliphatic carbocycles. The van der Waals surface area contributed by atoms with Crippen molar-refractivity contribution in [2.75, 3.05) is 12.9 Å². The third kappa shape index (κ3) is 4.71. The van der Waals surface area contributed by atoms with Gasteiger partial charge in [0.05, 0.1) is 18.9 Å². The Morgan fingerprint density at radius 2 is 1.90 bits per heavy atom. The molecule has 2 N–H and O–H groups in total. The molecule has 0 aliphatic rings. The van der Waals surface area contributed by atoms with Crippen LogP contribution in [0.2, 0.25) is 0 Å². The molecule has 2 rings (SSSR count). The highest BCUT2D eigenvalue weighted by molar-refractivity contribution is 7.97. The van der Waals surface area contributed by atoms with Gasteiger partial charge >= 0.3 is 0 Å². The Labute approximate surface area is 124 Å². The van der Waals surface area contributed by atoms with Gasteiger partial charge in [-0.1, -0.05) is 30.3 Å². The van der Waals surface area contributed by atoms with Gasteiger partial charge in [-0.25, -0.2) is 0 Å². The van der Waals surface area contributed by atoms with Gasteiger partial charge in [-0.15, -0.1) is 0 Å². The van der Waals surface area contributed by atoms with E-state index in [0.717, 1.165) is 23.7 Å². The summed E-state index contributed by atoms with van der Waals surface area (Å²) in [5, 5.41) is 12.8. The molecule has 0 fully saturated rings. The van der Waals surface area contributed by atoms with Crippen molar-refractivity contribution in [3.63, 3.8) is 0 Å². The minimum atomic E-state index is 0.0477. The molecule has 108 valence electrons. The van der Waals surface area contributed by atoms with Gasteiger partial charge in [-0.05, 0) is 30.4 Å². The van der Waals surface area contributed by atoms with E-state index in [9.17, 15) is 5.11 Å². The molecule has 1 atom stereocenters. The number of hydrogen-bond acceptors (Lipinski definition) is 4. The molecule has 20 heavy (non-hydrogen) atoms. The average molecular weight is 291 g/mol. The van der Waals surface area contributed by atoms with E-state index in [1.54, 1.807) is 11.8 Å². The molecule has 1 heterocycles. The molecule has 2 aromatic rings. The van der Waals surface area contributed by atoms with E-state index in [0.29, 0.717) is 6.54 Å². The van der Waals surface area contributed by atoms with Gasteiger partial charge in [-0.2, -0.15) is 11.8 Å². The molecule has 0 spiro atoms. The van der Waals surface area contributed by atoms with Crippen LogP contribution in [0.1, 0.15) is 17.1 Å². The third-order valence-electron chi connectivity index (χ3n) is 3.11. The second kappa shape index (κ2) is 8.15. The van der Waals surface area contributed by atoms with Crippen LogP contribution >= 0.6 is 11.8 Å². The van der Waals surface area contributed by atoms with Crippen LogP contribution in [-0.4, -0.2) is 24.0 Å². The summed E-state index contributed by atoms with van der Waals surface area (Å²) < 4.78 is 5.70. The molecular formula is C16H21NO2S. The van der Waals surface area contributed by atoms with Crippen LogP contribution < -0.4 is 5.32 Å². The van der Waals surface area contributed by atoms with Crippen LogP contribution in [0.3, 0.4) is 0 Å². The molecular weight excluding hydrogens is 270 g/mol. The largest absolute Gasteiger partial charge is 0.464 e. The zero-order chi connectivity index (χ0) is 14.2. The Kier molecular flexibility index (Phi) is 6.18. The van der Waals surface area contributed by atoms with Gasteiger partial charge in [0.25, 0.3) is 0 Å². The zero-order valence-corrected chi connectivity index (χ0v) is 12.5. The molecule has 0 radical (unpaired) electrons. The van der Waals surface area contributed by atoms with Crippen molar-refractivity contribution in [1.29, 1.82) is 0 Å². The van der Waals surface area contributed by atoms with Crippen molar-refractivity contribution < 1.29 is 9.52 Å². The SMILES string of the molecule is CSCc1ccc(CN[C@@H](CO)Cc2ccccc2)o1. The maximum atomic E-state index is 9.46. The fourth-order valence-corrected chi connectivity index (χ4v) is 2.52. The van der Waals surface area contributed by atoms with Crippen molar-refractivity contribution in [3.05, 3.63) is 59.5 Å². The van der Waals surface area contributed by atoms with E-state index in [2.05, 4.69) is 23.7 Å². The normalized spacial score (nSPS) is 12.5. The summed E-state index contributed by atoms with van der Waals surface area (Å²) in [5.41, 5.74) is 1.22. The van der Waals surface area contributed by atoms with Gasteiger partial charge in [0.15, 0.2) is 0 Å². The molecule has 0 unspecified atom stereocenters.